The van der Waals surface area contributed by atoms with Gasteiger partial charge in [0.05, 0.1) is 23.0 Å². The highest BCUT2D eigenvalue weighted by Crippen LogP contribution is 2.51. The molecule has 0 amide bonds. The Morgan fingerprint density at radius 1 is 0.800 bits per heavy atom. The lowest BCUT2D eigenvalue weighted by atomic mass is 9.81. The molecule has 6 rings (SSSR count). The van der Waals surface area contributed by atoms with E-state index in [1.807, 2.05) is 13.8 Å². The van der Waals surface area contributed by atoms with Crippen molar-refractivity contribution in [2.24, 2.45) is 23.7 Å². The molecule has 10 atom stereocenters. The maximum Gasteiger partial charge on any atom is 0.508 e. The molecule has 4 saturated heterocycles. The molecule has 0 aromatic rings. The van der Waals surface area contributed by atoms with Crippen LogP contribution in [0.5, 0.6) is 0 Å². The quantitative estimate of drug-likeness (QED) is 0.208. The van der Waals surface area contributed by atoms with Crippen LogP contribution in [0.25, 0.3) is 0 Å². The van der Waals surface area contributed by atoms with Gasteiger partial charge in [-0.15, -0.1) is 0 Å². The number of allylic oxidation sites excluding steroid dienone is 2. The van der Waals surface area contributed by atoms with Crippen LogP contribution in [0, 0.1) is 23.7 Å². The molecule has 6 aliphatic rings. The summed E-state index contributed by atoms with van der Waals surface area (Å²) in [5, 5.41) is 0. The van der Waals surface area contributed by atoms with Crippen LogP contribution in [-0.4, -0.2) is 66.9 Å². The smallest absolute Gasteiger partial charge is 0.459 e. The molecule has 0 spiro atoms. The molecular formula is C31H42O9. The van der Waals surface area contributed by atoms with E-state index >= 15 is 0 Å². The van der Waals surface area contributed by atoms with E-state index in [4.69, 9.17) is 28.4 Å². The van der Waals surface area contributed by atoms with Crippen molar-refractivity contribution in [1.82, 2.24) is 0 Å². The van der Waals surface area contributed by atoms with E-state index in [2.05, 4.69) is 26.0 Å². The Kier molecular flexibility index (Phi) is 7.26. The van der Waals surface area contributed by atoms with Crippen molar-refractivity contribution in [3.05, 3.63) is 23.3 Å². The van der Waals surface area contributed by atoms with Gasteiger partial charge < -0.3 is 28.4 Å². The molecule has 0 unspecified atom stereocenters. The van der Waals surface area contributed by atoms with Gasteiger partial charge in [-0.25, -0.2) is 4.79 Å². The first-order chi connectivity index (χ1) is 19.1. The zero-order valence-corrected chi connectivity index (χ0v) is 24.0. The second-order valence-electron chi connectivity index (χ2n) is 13.1. The number of carbonyl (C=O) groups is 3. The molecule has 4 heterocycles. The van der Waals surface area contributed by atoms with Crippen LogP contribution in [0.2, 0.25) is 0 Å². The summed E-state index contributed by atoms with van der Waals surface area (Å²) in [6.45, 7) is 8.35. The first-order valence-corrected chi connectivity index (χ1v) is 15.0. The fraction of sp³-hybridized carbons (Fsp3) is 0.774. The molecule has 9 nitrogen and oxygen atoms in total. The molecule has 0 saturated carbocycles. The molecule has 0 aromatic heterocycles. The number of esters is 2. The third kappa shape index (κ3) is 5.31. The van der Waals surface area contributed by atoms with Crippen LogP contribution in [0.3, 0.4) is 0 Å². The summed E-state index contributed by atoms with van der Waals surface area (Å²) < 4.78 is 34.5. The maximum absolute atomic E-state index is 12.6. The fourth-order valence-corrected chi connectivity index (χ4v) is 7.36. The van der Waals surface area contributed by atoms with E-state index in [-0.39, 0.29) is 84.4 Å². The number of hydrogen-bond donors (Lipinski definition) is 0. The van der Waals surface area contributed by atoms with Crippen molar-refractivity contribution in [3.63, 3.8) is 0 Å². The SMILES string of the molecule is C[C@@H]1C(=O)O[C@H]2[C@H]1CC/C(COC(=O)OC/C1=C/CC[C@@]3(C)O[C@H]3[C@H]3OC(=O)[C@@H](C)[C@@H]3CC1)=C\CC[C@@]1(C)O[C@@H]21. The Labute approximate surface area is 235 Å². The van der Waals surface area contributed by atoms with Crippen LogP contribution in [0.15, 0.2) is 23.3 Å². The van der Waals surface area contributed by atoms with Gasteiger partial charge in [-0.2, -0.15) is 0 Å². The highest BCUT2D eigenvalue weighted by Gasteiger charge is 2.63. The average molecular weight is 559 g/mol. The minimum Gasteiger partial charge on any atom is -0.459 e. The number of ether oxygens (including phenoxy) is 6. The summed E-state index contributed by atoms with van der Waals surface area (Å²) in [5.74, 6) is -0.446. The first-order valence-electron chi connectivity index (χ1n) is 15.0. The Hall–Kier alpha value is -2.39. The predicted molar refractivity (Wildman–Crippen MR) is 142 cm³/mol. The van der Waals surface area contributed by atoms with Crippen molar-refractivity contribution < 1.29 is 42.8 Å². The average Bonchev–Trinajstić information content (AvgIpc) is 3.73. The molecule has 2 aliphatic carbocycles. The summed E-state index contributed by atoms with van der Waals surface area (Å²) in [4.78, 5) is 37.2. The van der Waals surface area contributed by atoms with Gasteiger partial charge in [0, 0.05) is 11.8 Å². The zero-order chi connectivity index (χ0) is 28.2. The van der Waals surface area contributed by atoms with Crippen molar-refractivity contribution in [2.75, 3.05) is 13.2 Å². The molecule has 4 aliphatic heterocycles. The van der Waals surface area contributed by atoms with Gasteiger partial charge >= 0.3 is 18.1 Å². The summed E-state index contributed by atoms with van der Waals surface area (Å²) in [6.07, 6.45) is 9.43. The molecule has 4 fully saturated rings. The molecule has 40 heavy (non-hydrogen) atoms. The first kappa shape index (κ1) is 27.8. The van der Waals surface area contributed by atoms with E-state index in [9.17, 15) is 14.4 Å². The molecule has 0 N–H and O–H groups in total. The number of hydrogen-bond acceptors (Lipinski definition) is 9. The molecular weight excluding hydrogens is 516 g/mol. The standard InChI is InChI=1S/C31H42O9/c1-17-21-11-9-19(7-5-13-30(3)25(39-30)23(21)37-27(17)32)15-35-29(34)36-16-20-8-6-14-31(4)26(40-31)24-22(12-10-20)18(2)28(33)38-24/h7-8,17-18,21-26H,5-6,9-16H2,1-4H3/b19-7+,20-8+/t17-,18-,21-,22-,23-,24-,25-,26-,30+,31+/m0/s1. The second-order valence-corrected chi connectivity index (χ2v) is 13.1. The number of epoxide rings is 2. The lowest BCUT2D eigenvalue weighted by molar-refractivity contribution is -0.145. The lowest BCUT2D eigenvalue weighted by Crippen LogP contribution is -2.30. The summed E-state index contributed by atoms with van der Waals surface area (Å²) in [7, 11) is 0. The van der Waals surface area contributed by atoms with E-state index in [1.54, 1.807) is 0 Å². The molecule has 9 heteroatoms. The third-order valence-electron chi connectivity index (χ3n) is 10.4. The lowest BCUT2D eigenvalue weighted by Gasteiger charge is -2.22. The Morgan fingerprint density at radius 2 is 1.23 bits per heavy atom. The van der Waals surface area contributed by atoms with Crippen LogP contribution < -0.4 is 0 Å². The van der Waals surface area contributed by atoms with Crippen molar-refractivity contribution in [3.8, 4) is 0 Å². The number of fused-ring (bicyclic) bond motifs is 6. The molecule has 0 aromatic carbocycles. The Morgan fingerprint density at radius 3 is 1.65 bits per heavy atom. The minimum atomic E-state index is -0.692. The summed E-state index contributed by atoms with van der Waals surface area (Å²) >= 11 is 0. The zero-order valence-electron chi connectivity index (χ0n) is 24.0. The van der Waals surface area contributed by atoms with Gasteiger partial charge in [-0.05, 0) is 76.4 Å². The highest BCUT2D eigenvalue weighted by atomic mass is 16.7. The Balaban J connectivity index is 1.02. The van der Waals surface area contributed by atoms with Gasteiger partial charge in [0.15, 0.2) is 0 Å². The van der Waals surface area contributed by atoms with Crippen LogP contribution >= 0.6 is 0 Å². The monoisotopic (exact) mass is 558 g/mol. The maximum atomic E-state index is 12.6. The minimum absolute atomic E-state index is 0.0271. The highest BCUT2D eigenvalue weighted by molar-refractivity contribution is 5.75. The van der Waals surface area contributed by atoms with Gasteiger partial charge in [-0.1, -0.05) is 26.0 Å². The Bertz CT molecular complexity index is 1030. The van der Waals surface area contributed by atoms with E-state index in [1.165, 1.54) is 0 Å². The van der Waals surface area contributed by atoms with Crippen LogP contribution in [0.1, 0.15) is 79.1 Å². The molecule has 220 valence electrons. The van der Waals surface area contributed by atoms with Crippen molar-refractivity contribution in [1.29, 1.82) is 0 Å². The second kappa shape index (κ2) is 10.5. The predicted octanol–water partition coefficient (Wildman–Crippen LogP) is 4.81. The fourth-order valence-electron chi connectivity index (χ4n) is 7.36. The van der Waals surface area contributed by atoms with Crippen molar-refractivity contribution >= 4 is 18.1 Å². The van der Waals surface area contributed by atoms with Crippen LogP contribution in [-0.2, 0) is 38.0 Å². The normalized spacial score (nSPS) is 46.9. The van der Waals surface area contributed by atoms with E-state index < -0.39 is 6.16 Å². The van der Waals surface area contributed by atoms with Crippen molar-refractivity contribution in [2.45, 2.75) is 115 Å². The summed E-state index contributed by atoms with van der Waals surface area (Å²) in [5.41, 5.74) is 1.52. The van der Waals surface area contributed by atoms with E-state index in [0.717, 1.165) is 62.5 Å². The van der Waals surface area contributed by atoms with Gasteiger partial charge in [-0.3, -0.25) is 9.59 Å². The molecule has 0 radical (unpaired) electrons. The van der Waals surface area contributed by atoms with Crippen LogP contribution in [0.4, 0.5) is 4.79 Å². The number of rotatable bonds is 4. The van der Waals surface area contributed by atoms with E-state index in [0.29, 0.717) is 0 Å². The topological polar surface area (TPSA) is 113 Å². The summed E-state index contributed by atoms with van der Waals surface area (Å²) in [6, 6.07) is 0. The van der Waals surface area contributed by atoms with Gasteiger partial charge in [0.1, 0.15) is 37.6 Å². The molecule has 0 bridgehead atoms. The number of carbonyl (C=O) groups excluding carboxylic acids is 3. The van der Waals surface area contributed by atoms with Gasteiger partial charge in [0.25, 0.3) is 0 Å². The third-order valence-corrected chi connectivity index (χ3v) is 10.4. The van der Waals surface area contributed by atoms with Gasteiger partial charge in [0.2, 0.25) is 0 Å². The largest absolute Gasteiger partial charge is 0.508 e.